The summed E-state index contributed by atoms with van der Waals surface area (Å²) in [4.78, 5) is 14.6. The van der Waals surface area contributed by atoms with Crippen LogP contribution >= 0.6 is 35.6 Å². The highest BCUT2D eigenvalue weighted by Crippen LogP contribution is 2.21. The zero-order chi connectivity index (χ0) is 14.8. The summed E-state index contributed by atoms with van der Waals surface area (Å²) in [6.45, 7) is 2.04. The number of likely N-dealkylation sites (tertiary alicyclic amines) is 1. The maximum absolute atomic E-state index is 12.4. The van der Waals surface area contributed by atoms with Crippen molar-refractivity contribution in [1.82, 2.24) is 4.90 Å². The van der Waals surface area contributed by atoms with E-state index in [0.717, 1.165) is 17.4 Å². The summed E-state index contributed by atoms with van der Waals surface area (Å²) in [5, 5.41) is 1.06. The van der Waals surface area contributed by atoms with Gasteiger partial charge in [0.1, 0.15) is 9.90 Å². The second-order valence-corrected chi connectivity index (χ2v) is 7.02. The Morgan fingerprint density at radius 1 is 1.38 bits per heavy atom. The predicted octanol–water partition coefficient (Wildman–Crippen LogP) is 4.06. The Morgan fingerprint density at radius 3 is 2.90 bits per heavy atom. The van der Waals surface area contributed by atoms with Crippen LogP contribution in [0.1, 0.15) is 18.4 Å². The molecule has 0 amide bonds. The molecule has 1 saturated heterocycles. The van der Waals surface area contributed by atoms with Gasteiger partial charge in [0.05, 0.1) is 11.6 Å². The summed E-state index contributed by atoms with van der Waals surface area (Å²) in [5.41, 5.74) is 1.15. The van der Waals surface area contributed by atoms with Crippen molar-refractivity contribution >= 4 is 50.9 Å². The number of halogens is 1. The molecule has 1 fully saturated rings. The number of nitrogens with zero attached hydrogens (tertiary/aromatic N) is 1. The van der Waals surface area contributed by atoms with Crippen LogP contribution in [0.5, 0.6) is 0 Å². The number of fused-ring (bicyclic) bond motifs is 1. The molecule has 0 radical (unpaired) electrons. The third kappa shape index (κ3) is 3.25. The number of thioether (sulfide) groups is 1. The van der Waals surface area contributed by atoms with Crippen LogP contribution in [0.4, 0.5) is 0 Å². The van der Waals surface area contributed by atoms with E-state index in [1.807, 2.05) is 0 Å². The average Bonchev–Trinajstić information content (AvgIpc) is 3.01. The molecule has 2 heterocycles. The number of benzene rings is 1. The van der Waals surface area contributed by atoms with Crippen molar-refractivity contribution in [3.63, 3.8) is 0 Å². The van der Waals surface area contributed by atoms with Crippen LogP contribution in [-0.4, -0.2) is 22.3 Å². The zero-order valence-electron chi connectivity index (χ0n) is 11.3. The Balaban J connectivity index is 1.79. The first-order valence-electron chi connectivity index (χ1n) is 6.77. The molecule has 1 aromatic heterocycles. The molecular weight excluding hydrogens is 326 g/mol. The van der Waals surface area contributed by atoms with Crippen molar-refractivity contribution in [2.24, 2.45) is 0 Å². The van der Waals surface area contributed by atoms with Gasteiger partial charge in [0.2, 0.25) is 0 Å². The van der Waals surface area contributed by atoms with Gasteiger partial charge in [0.25, 0.3) is 0 Å². The van der Waals surface area contributed by atoms with E-state index in [2.05, 4.69) is 4.90 Å². The molecule has 1 aliphatic heterocycles. The molecule has 2 aromatic rings. The third-order valence-corrected chi connectivity index (χ3v) is 5.33. The molecule has 6 heteroatoms. The fourth-order valence-corrected chi connectivity index (χ4v) is 3.75. The molecule has 110 valence electrons. The minimum atomic E-state index is -0.0320. The summed E-state index contributed by atoms with van der Waals surface area (Å²) in [6, 6.07) is 5.07. The molecule has 0 aliphatic carbocycles. The van der Waals surface area contributed by atoms with Crippen LogP contribution in [0.3, 0.4) is 0 Å². The average molecular weight is 340 g/mol. The summed E-state index contributed by atoms with van der Waals surface area (Å²) < 4.78 is 6.37. The van der Waals surface area contributed by atoms with Gasteiger partial charge in [0, 0.05) is 29.4 Å². The summed E-state index contributed by atoms with van der Waals surface area (Å²) >= 11 is 12.9. The number of hydrogen-bond acceptors (Lipinski definition) is 4. The third-order valence-electron chi connectivity index (χ3n) is 3.52. The Hall–Kier alpha value is -1.04. The molecule has 1 aromatic carbocycles. The molecule has 3 nitrogen and oxygen atoms in total. The van der Waals surface area contributed by atoms with E-state index >= 15 is 0 Å². The van der Waals surface area contributed by atoms with Gasteiger partial charge in [0.15, 0.2) is 5.43 Å². The molecule has 21 heavy (non-hydrogen) atoms. The van der Waals surface area contributed by atoms with Gasteiger partial charge in [-0.2, -0.15) is 0 Å². The minimum absolute atomic E-state index is 0.0320. The molecule has 0 atom stereocenters. The van der Waals surface area contributed by atoms with Crippen LogP contribution in [-0.2, 0) is 5.75 Å². The Kier molecular flexibility index (Phi) is 4.52. The lowest BCUT2D eigenvalue weighted by molar-refractivity contribution is 0.539. The molecule has 0 N–H and O–H groups in total. The van der Waals surface area contributed by atoms with Crippen molar-refractivity contribution in [2.45, 2.75) is 18.6 Å². The van der Waals surface area contributed by atoms with Gasteiger partial charge in [-0.05, 0) is 31.0 Å². The van der Waals surface area contributed by atoms with Crippen LogP contribution in [0.25, 0.3) is 11.0 Å². The van der Waals surface area contributed by atoms with E-state index in [1.54, 1.807) is 18.2 Å². The Bertz CT molecular complexity index is 738. The summed E-state index contributed by atoms with van der Waals surface area (Å²) in [6.07, 6.45) is 3.91. The van der Waals surface area contributed by atoms with Crippen LogP contribution in [0.15, 0.2) is 33.7 Å². The molecule has 0 bridgehead atoms. The molecule has 1 aliphatic rings. The summed E-state index contributed by atoms with van der Waals surface area (Å²) in [7, 11) is 0. The lowest BCUT2D eigenvalue weighted by atomic mass is 10.2. The van der Waals surface area contributed by atoms with Crippen LogP contribution < -0.4 is 5.43 Å². The Labute approximate surface area is 137 Å². The second-order valence-electron chi connectivity index (χ2n) is 4.98. The molecule has 3 rings (SSSR count). The number of rotatable bonds is 2. The van der Waals surface area contributed by atoms with Gasteiger partial charge in [-0.25, -0.2) is 0 Å². The standard InChI is InChI=1S/C15H14ClNO2S2/c16-11-3-4-13-12(7-11)14(18)10(8-19-13)9-21-15(20)17-5-1-2-6-17/h3-4,7-8H,1-2,5-6,9H2. The highest BCUT2D eigenvalue weighted by molar-refractivity contribution is 8.22. The van der Waals surface area contributed by atoms with Crippen LogP contribution in [0.2, 0.25) is 5.02 Å². The van der Waals surface area contributed by atoms with Crippen molar-refractivity contribution in [3.8, 4) is 0 Å². The topological polar surface area (TPSA) is 33.5 Å². The minimum Gasteiger partial charge on any atom is -0.464 e. The van der Waals surface area contributed by atoms with E-state index in [0.29, 0.717) is 27.3 Å². The first kappa shape index (κ1) is 14.9. The second kappa shape index (κ2) is 6.38. The van der Waals surface area contributed by atoms with E-state index in [4.69, 9.17) is 28.2 Å². The van der Waals surface area contributed by atoms with E-state index < -0.39 is 0 Å². The summed E-state index contributed by atoms with van der Waals surface area (Å²) in [5.74, 6) is 0.528. The lowest BCUT2D eigenvalue weighted by Gasteiger charge is -2.17. The van der Waals surface area contributed by atoms with Crippen molar-refractivity contribution in [3.05, 3.63) is 45.3 Å². The van der Waals surface area contributed by atoms with Crippen molar-refractivity contribution < 1.29 is 4.42 Å². The quantitative estimate of drug-likeness (QED) is 0.771. The van der Waals surface area contributed by atoms with Crippen molar-refractivity contribution in [1.29, 1.82) is 0 Å². The lowest BCUT2D eigenvalue weighted by Crippen LogP contribution is -2.23. The molecular formula is C15H14ClNO2S2. The number of hydrogen-bond donors (Lipinski definition) is 0. The number of thiocarbonyl (C=S) groups is 1. The van der Waals surface area contributed by atoms with E-state index in [-0.39, 0.29) is 5.43 Å². The molecule has 0 saturated carbocycles. The maximum atomic E-state index is 12.4. The van der Waals surface area contributed by atoms with Gasteiger partial charge >= 0.3 is 0 Å². The largest absolute Gasteiger partial charge is 0.464 e. The van der Waals surface area contributed by atoms with Crippen molar-refractivity contribution in [2.75, 3.05) is 13.1 Å². The Morgan fingerprint density at radius 2 is 2.14 bits per heavy atom. The smallest absolute Gasteiger partial charge is 0.196 e. The first-order valence-corrected chi connectivity index (χ1v) is 8.54. The van der Waals surface area contributed by atoms with Gasteiger partial charge in [-0.3, -0.25) is 4.79 Å². The monoisotopic (exact) mass is 339 g/mol. The SMILES string of the molecule is O=c1c(CSC(=S)N2CCCC2)coc2ccc(Cl)cc12. The highest BCUT2D eigenvalue weighted by atomic mass is 35.5. The maximum Gasteiger partial charge on any atom is 0.196 e. The molecule has 0 unspecified atom stereocenters. The van der Waals surface area contributed by atoms with Gasteiger partial charge < -0.3 is 9.32 Å². The van der Waals surface area contributed by atoms with E-state index in [9.17, 15) is 4.79 Å². The first-order chi connectivity index (χ1) is 10.1. The molecule has 0 spiro atoms. The fraction of sp³-hybridized carbons (Fsp3) is 0.333. The zero-order valence-corrected chi connectivity index (χ0v) is 13.7. The van der Waals surface area contributed by atoms with E-state index in [1.165, 1.54) is 30.9 Å². The predicted molar refractivity (Wildman–Crippen MR) is 92.2 cm³/mol. The van der Waals surface area contributed by atoms with Gasteiger partial charge in [-0.1, -0.05) is 35.6 Å². The normalized spacial score (nSPS) is 14.8. The van der Waals surface area contributed by atoms with Crippen LogP contribution in [0, 0.1) is 0 Å². The fourth-order valence-electron chi connectivity index (χ4n) is 2.37. The highest BCUT2D eigenvalue weighted by Gasteiger charge is 2.16. The van der Waals surface area contributed by atoms with Gasteiger partial charge in [-0.15, -0.1) is 0 Å².